The number of pyridine rings is 2. The van der Waals surface area contributed by atoms with Crippen LogP contribution in [0, 0.1) is 12.8 Å². The first kappa shape index (κ1) is 26.8. The second-order valence-corrected chi connectivity index (χ2v) is 13.5. The van der Waals surface area contributed by atoms with Gasteiger partial charge in [0.15, 0.2) is 0 Å². The number of sulfonamides is 1. The van der Waals surface area contributed by atoms with E-state index < -0.39 is 20.7 Å². The highest BCUT2D eigenvalue weighted by molar-refractivity contribution is 7.91. The summed E-state index contributed by atoms with van der Waals surface area (Å²) in [6, 6.07) is 13.8. The fourth-order valence-electron chi connectivity index (χ4n) is 4.55. The lowest BCUT2D eigenvalue weighted by Gasteiger charge is -2.29. The SMILES string of the molecule is Cc1ccc2nc(-c3ccc(-c4ccc(OC5CCC(C(=O)NS(=O)(=O)C(C)(C)C)CC5)nc4)nc3)[nH]c2c1. The molecule has 0 spiro atoms. The lowest BCUT2D eigenvalue weighted by Crippen LogP contribution is -2.45. The highest BCUT2D eigenvalue weighted by atomic mass is 32.2. The molecule has 1 aromatic carbocycles. The van der Waals surface area contributed by atoms with Crippen molar-refractivity contribution in [3.63, 3.8) is 0 Å². The van der Waals surface area contributed by atoms with E-state index in [1.807, 2.05) is 36.4 Å². The Morgan fingerprint density at radius 3 is 2.33 bits per heavy atom. The van der Waals surface area contributed by atoms with E-state index in [0.29, 0.717) is 31.6 Å². The molecule has 1 aliphatic carbocycles. The third kappa shape index (κ3) is 5.95. The van der Waals surface area contributed by atoms with Gasteiger partial charge in [-0.2, -0.15) is 0 Å². The van der Waals surface area contributed by atoms with Gasteiger partial charge in [-0.3, -0.25) is 14.5 Å². The van der Waals surface area contributed by atoms with Crippen LogP contribution in [0.2, 0.25) is 0 Å². The molecule has 1 amide bonds. The van der Waals surface area contributed by atoms with Crippen molar-refractivity contribution < 1.29 is 17.9 Å². The Balaban J connectivity index is 1.16. The maximum atomic E-state index is 12.5. The number of nitrogens with one attached hydrogen (secondary N) is 2. The van der Waals surface area contributed by atoms with Gasteiger partial charge >= 0.3 is 0 Å². The van der Waals surface area contributed by atoms with Gasteiger partial charge < -0.3 is 9.72 Å². The van der Waals surface area contributed by atoms with Crippen LogP contribution in [-0.2, 0) is 14.8 Å². The standard InChI is InChI=1S/C29H33N5O4S/c1-18-5-12-24-25(15-18)33-27(32-24)21-8-13-23(30-17-21)20-9-14-26(31-16-20)38-22-10-6-19(7-11-22)28(35)34-39(36,37)29(2,3)4/h5,8-9,12-17,19,22H,6-7,10-11H2,1-4H3,(H,32,33)(H,34,35). The summed E-state index contributed by atoms with van der Waals surface area (Å²) in [5, 5.41) is 0. The van der Waals surface area contributed by atoms with Gasteiger partial charge in [0.25, 0.3) is 0 Å². The summed E-state index contributed by atoms with van der Waals surface area (Å²) in [7, 11) is -3.71. The Bertz CT molecular complexity index is 1580. The minimum absolute atomic E-state index is 0.0726. The molecule has 39 heavy (non-hydrogen) atoms. The van der Waals surface area contributed by atoms with E-state index in [2.05, 4.69) is 37.6 Å². The number of rotatable bonds is 6. The van der Waals surface area contributed by atoms with Gasteiger partial charge in [-0.25, -0.2) is 18.4 Å². The van der Waals surface area contributed by atoms with Gasteiger partial charge in [0.1, 0.15) is 11.9 Å². The average Bonchev–Trinajstić information content (AvgIpc) is 3.32. The molecular weight excluding hydrogens is 514 g/mol. The van der Waals surface area contributed by atoms with Crippen molar-refractivity contribution in [2.75, 3.05) is 0 Å². The molecule has 204 valence electrons. The summed E-state index contributed by atoms with van der Waals surface area (Å²) < 4.78 is 31.8. The first-order chi connectivity index (χ1) is 18.5. The molecule has 3 heterocycles. The summed E-state index contributed by atoms with van der Waals surface area (Å²) in [5.74, 6) is 0.519. The zero-order chi connectivity index (χ0) is 27.8. The second-order valence-electron chi connectivity index (χ2n) is 11.1. The quantitative estimate of drug-likeness (QED) is 0.341. The van der Waals surface area contributed by atoms with Crippen LogP contribution < -0.4 is 9.46 Å². The molecular formula is C29H33N5O4S. The van der Waals surface area contributed by atoms with E-state index in [0.717, 1.165) is 33.7 Å². The minimum atomic E-state index is -3.71. The highest BCUT2D eigenvalue weighted by Gasteiger charge is 2.34. The number of ether oxygens (including phenoxy) is 1. The fourth-order valence-corrected chi connectivity index (χ4v) is 5.29. The first-order valence-corrected chi connectivity index (χ1v) is 14.6. The van der Waals surface area contributed by atoms with Crippen molar-refractivity contribution in [2.24, 2.45) is 5.92 Å². The molecule has 0 unspecified atom stereocenters. The monoisotopic (exact) mass is 547 g/mol. The van der Waals surface area contributed by atoms with E-state index in [1.165, 1.54) is 5.56 Å². The number of aromatic nitrogens is 4. The van der Waals surface area contributed by atoms with Crippen molar-refractivity contribution in [1.29, 1.82) is 0 Å². The van der Waals surface area contributed by atoms with Crippen molar-refractivity contribution in [3.05, 3.63) is 60.4 Å². The molecule has 5 rings (SSSR count). The van der Waals surface area contributed by atoms with E-state index in [-0.39, 0.29) is 12.0 Å². The number of fused-ring (bicyclic) bond motifs is 1. The number of hydrogen-bond acceptors (Lipinski definition) is 7. The predicted molar refractivity (Wildman–Crippen MR) is 150 cm³/mol. The molecule has 1 fully saturated rings. The lowest BCUT2D eigenvalue weighted by molar-refractivity contribution is -0.124. The molecule has 0 saturated heterocycles. The molecule has 3 aromatic heterocycles. The Kier molecular flexibility index (Phi) is 7.15. The molecule has 0 bridgehead atoms. The van der Waals surface area contributed by atoms with Crippen LogP contribution in [0.25, 0.3) is 33.7 Å². The zero-order valence-electron chi connectivity index (χ0n) is 22.6. The van der Waals surface area contributed by atoms with Gasteiger partial charge in [-0.05, 0) is 89.3 Å². The van der Waals surface area contributed by atoms with Crippen LogP contribution in [-0.4, -0.2) is 45.1 Å². The number of imidazole rings is 1. The van der Waals surface area contributed by atoms with Crippen molar-refractivity contribution in [1.82, 2.24) is 24.7 Å². The van der Waals surface area contributed by atoms with Crippen LogP contribution in [0.5, 0.6) is 5.88 Å². The summed E-state index contributed by atoms with van der Waals surface area (Å²) in [6.45, 7) is 6.76. The number of amides is 1. The van der Waals surface area contributed by atoms with E-state index in [4.69, 9.17) is 4.74 Å². The largest absolute Gasteiger partial charge is 0.474 e. The Morgan fingerprint density at radius 1 is 0.974 bits per heavy atom. The van der Waals surface area contributed by atoms with Crippen LogP contribution in [0.3, 0.4) is 0 Å². The maximum Gasteiger partial charge on any atom is 0.239 e. The number of carbonyl (C=O) groups is 1. The Morgan fingerprint density at radius 2 is 1.69 bits per heavy atom. The van der Waals surface area contributed by atoms with Gasteiger partial charge in [0, 0.05) is 35.5 Å². The minimum Gasteiger partial charge on any atom is -0.474 e. The smallest absolute Gasteiger partial charge is 0.239 e. The Labute approximate surface area is 228 Å². The molecule has 1 aliphatic rings. The number of aryl methyl sites for hydroxylation is 1. The van der Waals surface area contributed by atoms with Crippen LogP contribution in [0.15, 0.2) is 54.9 Å². The third-order valence-corrected chi connectivity index (χ3v) is 9.16. The molecule has 0 aliphatic heterocycles. The van der Waals surface area contributed by atoms with Gasteiger partial charge in [0.2, 0.25) is 21.8 Å². The molecule has 1 saturated carbocycles. The van der Waals surface area contributed by atoms with Crippen molar-refractivity contribution in [3.8, 4) is 28.5 Å². The second kappa shape index (κ2) is 10.4. The summed E-state index contributed by atoms with van der Waals surface area (Å²) >= 11 is 0. The summed E-state index contributed by atoms with van der Waals surface area (Å²) in [4.78, 5) is 29.6. The summed E-state index contributed by atoms with van der Waals surface area (Å²) in [5.41, 5.74) is 5.66. The first-order valence-electron chi connectivity index (χ1n) is 13.1. The molecule has 0 radical (unpaired) electrons. The van der Waals surface area contributed by atoms with Gasteiger partial charge in [0.05, 0.1) is 21.5 Å². The van der Waals surface area contributed by atoms with E-state index in [9.17, 15) is 13.2 Å². The highest BCUT2D eigenvalue weighted by Crippen LogP contribution is 2.29. The van der Waals surface area contributed by atoms with Gasteiger partial charge in [-0.1, -0.05) is 6.07 Å². The van der Waals surface area contributed by atoms with Crippen molar-refractivity contribution >= 4 is 27.0 Å². The van der Waals surface area contributed by atoms with E-state index >= 15 is 0 Å². The molecule has 2 N–H and O–H groups in total. The number of hydrogen-bond donors (Lipinski definition) is 2. The number of carbonyl (C=O) groups excluding carboxylic acids is 1. The molecule has 9 nitrogen and oxygen atoms in total. The van der Waals surface area contributed by atoms with Crippen LogP contribution in [0.1, 0.15) is 52.0 Å². The maximum absolute atomic E-state index is 12.5. The Hall–Kier alpha value is -3.79. The number of aromatic amines is 1. The topological polar surface area (TPSA) is 127 Å². The summed E-state index contributed by atoms with van der Waals surface area (Å²) in [6.07, 6.45) is 5.90. The van der Waals surface area contributed by atoms with Gasteiger partial charge in [-0.15, -0.1) is 0 Å². The molecule has 0 atom stereocenters. The fraction of sp³-hybridized carbons (Fsp3) is 0.379. The van der Waals surface area contributed by atoms with Crippen LogP contribution >= 0.6 is 0 Å². The normalized spacial score (nSPS) is 18.2. The van der Waals surface area contributed by atoms with Crippen LogP contribution in [0.4, 0.5) is 0 Å². The predicted octanol–water partition coefficient (Wildman–Crippen LogP) is 5.18. The zero-order valence-corrected chi connectivity index (χ0v) is 23.4. The molecule has 4 aromatic rings. The number of nitrogens with zero attached hydrogens (tertiary/aromatic N) is 3. The number of benzene rings is 1. The lowest BCUT2D eigenvalue weighted by atomic mass is 9.87. The number of H-pyrrole nitrogens is 1. The third-order valence-electron chi connectivity index (χ3n) is 7.08. The van der Waals surface area contributed by atoms with Crippen molar-refractivity contribution in [2.45, 2.75) is 64.2 Å². The average molecular weight is 548 g/mol. The van der Waals surface area contributed by atoms with E-state index in [1.54, 1.807) is 33.2 Å². The molecule has 10 heteroatoms.